The van der Waals surface area contributed by atoms with E-state index in [4.69, 9.17) is 0 Å². The van der Waals surface area contributed by atoms with E-state index in [9.17, 15) is 0 Å². The highest BCUT2D eigenvalue weighted by Crippen LogP contribution is 2.87. The van der Waals surface area contributed by atoms with E-state index in [1.807, 2.05) is 0 Å². The molecule has 1 nitrogen and oxygen atoms in total. The molecule has 20 heavy (non-hydrogen) atoms. The second-order valence-electron chi connectivity index (χ2n) is 9.00. The molecule has 3 aliphatic heterocycles. The van der Waals surface area contributed by atoms with Gasteiger partial charge in [0.2, 0.25) is 0 Å². The zero-order valence-corrected chi connectivity index (χ0v) is 12.8. The Kier molecular flexibility index (Phi) is 1.50. The van der Waals surface area contributed by atoms with Crippen molar-refractivity contribution in [2.75, 3.05) is 0 Å². The third-order valence-electron chi connectivity index (χ3n) is 9.36. The van der Waals surface area contributed by atoms with Crippen molar-refractivity contribution in [3.63, 3.8) is 0 Å². The molecule has 1 heteroatoms. The van der Waals surface area contributed by atoms with Gasteiger partial charge in [-0.25, -0.2) is 0 Å². The fourth-order valence-corrected chi connectivity index (χ4v) is 9.47. The molecule has 3 saturated carbocycles. The topological polar surface area (TPSA) is 0 Å². The lowest BCUT2D eigenvalue weighted by molar-refractivity contribution is -0.835. The van der Waals surface area contributed by atoms with Crippen LogP contribution in [0.25, 0.3) is 0 Å². The highest BCUT2D eigenvalue weighted by molar-refractivity contribution is 5.36. The van der Waals surface area contributed by atoms with Gasteiger partial charge >= 0.3 is 0 Å². The molecule has 6 unspecified atom stereocenters. The van der Waals surface area contributed by atoms with Gasteiger partial charge in [-0.15, -0.1) is 6.58 Å². The lowest BCUT2D eigenvalue weighted by Gasteiger charge is -2.41. The van der Waals surface area contributed by atoms with Crippen molar-refractivity contribution in [1.29, 1.82) is 0 Å². The lowest BCUT2D eigenvalue weighted by Crippen LogP contribution is -2.55. The molecule has 2 spiro atoms. The van der Waals surface area contributed by atoms with Crippen LogP contribution in [-0.4, -0.2) is 22.1 Å². The Morgan fingerprint density at radius 1 is 1.25 bits per heavy atom. The molecule has 11 atom stereocenters. The normalized spacial score (nSPS) is 74.1. The van der Waals surface area contributed by atoms with Gasteiger partial charge in [-0.1, -0.05) is 19.9 Å². The second kappa shape index (κ2) is 2.72. The summed E-state index contributed by atoms with van der Waals surface area (Å²) < 4.78 is 1.40. The van der Waals surface area contributed by atoms with Gasteiger partial charge in [0, 0.05) is 36.5 Å². The van der Waals surface area contributed by atoms with Crippen LogP contribution in [0.4, 0.5) is 0 Å². The summed E-state index contributed by atoms with van der Waals surface area (Å²) in [6.07, 6.45) is 6.63. The number of piperidine rings is 2. The van der Waals surface area contributed by atoms with E-state index in [-0.39, 0.29) is 0 Å². The largest absolute Gasteiger partial charge is 0.274 e. The van der Waals surface area contributed by atoms with Gasteiger partial charge in [-0.2, -0.15) is 0 Å². The quantitative estimate of drug-likeness (QED) is 0.387. The van der Waals surface area contributed by atoms with E-state index < -0.39 is 0 Å². The van der Waals surface area contributed by atoms with E-state index in [1.54, 1.807) is 5.70 Å². The van der Waals surface area contributed by atoms with Crippen molar-refractivity contribution in [3.05, 3.63) is 24.9 Å². The van der Waals surface area contributed by atoms with Crippen LogP contribution in [0.1, 0.15) is 33.1 Å². The first-order chi connectivity index (χ1) is 9.61. The van der Waals surface area contributed by atoms with Crippen molar-refractivity contribution in [2.24, 2.45) is 41.4 Å². The van der Waals surface area contributed by atoms with Crippen molar-refractivity contribution in [1.82, 2.24) is 0 Å². The maximum absolute atomic E-state index is 4.60. The van der Waals surface area contributed by atoms with Gasteiger partial charge in [0.15, 0.2) is 6.04 Å². The molecule has 0 aromatic rings. The van der Waals surface area contributed by atoms with Gasteiger partial charge in [0.05, 0.1) is 0 Å². The molecular weight excluding hydrogens is 242 g/mol. The van der Waals surface area contributed by atoms with Crippen molar-refractivity contribution in [2.45, 2.75) is 50.7 Å². The van der Waals surface area contributed by atoms with Gasteiger partial charge < -0.3 is 0 Å². The first kappa shape index (κ1) is 11.1. The first-order valence-electron chi connectivity index (χ1n) is 8.81. The minimum absolute atomic E-state index is 0.545. The van der Waals surface area contributed by atoms with Crippen LogP contribution in [0.2, 0.25) is 0 Å². The monoisotopic (exact) mass is 268 g/mol. The number of allylic oxidation sites excluding steroid dienone is 1. The van der Waals surface area contributed by atoms with E-state index in [2.05, 4.69) is 33.1 Å². The van der Waals surface area contributed by atoms with Gasteiger partial charge in [0.25, 0.3) is 0 Å². The molecule has 0 N–H and O–H groups in total. The zero-order chi connectivity index (χ0) is 13.6. The van der Waals surface area contributed by atoms with Crippen LogP contribution in [0.15, 0.2) is 24.9 Å². The fourth-order valence-electron chi connectivity index (χ4n) is 9.47. The molecular formula is C19H26N+. The third kappa shape index (κ3) is 0.661. The van der Waals surface area contributed by atoms with Crippen LogP contribution >= 0.6 is 0 Å². The van der Waals surface area contributed by atoms with Crippen molar-refractivity contribution < 1.29 is 4.48 Å². The Morgan fingerprint density at radius 3 is 2.80 bits per heavy atom. The van der Waals surface area contributed by atoms with E-state index in [0.717, 1.165) is 53.5 Å². The fraction of sp³-hybridized carbons (Fsp3) is 0.789. The summed E-state index contributed by atoms with van der Waals surface area (Å²) >= 11 is 0. The van der Waals surface area contributed by atoms with Crippen molar-refractivity contribution >= 4 is 0 Å². The summed E-state index contributed by atoms with van der Waals surface area (Å²) in [4.78, 5) is 0. The van der Waals surface area contributed by atoms with Crippen LogP contribution in [-0.2, 0) is 0 Å². The molecule has 106 valence electrons. The second-order valence-corrected chi connectivity index (χ2v) is 9.00. The summed E-state index contributed by atoms with van der Waals surface area (Å²) in [5.41, 5.74) is 2.16. The molecule has 0 amide bonds. The highest BCUT2D eigenvalue weighted by Gasteiger charge is 2.98. The number of hydrogen-bond acceptors (Lipinski definition) is 0. The standard InChI is InChI=1S/C19H26N/c1-5-12-7-14-11(4)13-8-15-18-16(13)17(14)19(12)9(2)6-10(3)20(15,18)19/h5,9,11-18H,1,3,6-8H2,2,4H3/q+1/t9-,11?,12?,13?,14?,15+,16?,17+,18-,19-,20?/m0/s1. The molecule has 6 aliphatic rings. The predicted molar refractivity (Wildman–Crippen MR) is 79.5 cm³/mol. The average molecular weight is 268 g/mol. The lowest BCUT2D eigenvalue weighted by atomic mass is 9.69. The molecule has 3 saturated heterocycles. The van der Waals surface area contributed by atoms with E-state index in [0.29, 0.717) is 5.54 Å². The summed E-state index contributed by atoms with van der Waals surface area (Å²) in [5.74, 6) is 6.75. The molecule has 0 bridgehead atoms. The van der Waals surface area contributed by atoms with Crippen molar-refractivity contribution in [3.8, 4) is 0 Å². The van der Waals surface area contributed by atoms with Crippen LogP contribution in [0.5, 0.6) is 0 Å². The Morgan fingerprint density at radius 2 is 2.05 bits per heavy atom. The Hall–Kier alpha value is -0.560. The summed E-state index contributed by atoms with van der Waals surface area (Å²) in [6.45, 7) is 14.0. The molecule has 6 rings (SSSR count). The summed E-state index contributed by atoms with van der Waals surface area (Å²) in [7, 11) is 0. The first-order valence-corrected chi connectivity index (χ1v) is 8.81. The molecule has 0 aromatic carbocycles. The van der Waals surface area contributed by atoms with E-state index >= 15 is 0 Å². The molecule has 3 heterocycles. The Labute approximate surface area is 122 Å². The Balaban J connectivity index is 1.69. The van der Waals surface area contributed by atoms with E-state index in [1.165, 1.54) is 23.7 Å². The molecule has 6 fully saturated rings. The SMILES string of the molecule is C=CC1CC2C(C)C3C[C@@H]4[C@H]5C3[C@@H]2[C@]12[C@@H](C)CC(=C)[N+]452. The highest BCUT2D eigenvalue weighted by atomic mass is 15.6. The third-order valence-corrected chi connectivity index (χ3v) is 9.36. The Bertz CT molecular complexity index is 578. The summed E-state index contributed by atoms with van der Waals surface area (Å²) in [5, 5.41) is 0. The number of rotatable bonds is 1. The smallest absolute Gasteiger partial charge is 0.151 e. The van der Waals surface area contributed by atoms with Crippen LogP contribution in [0, 0.1) is 41.4 Å². The predicted octanol–water partition coefficient (Wildman–Crippen LogP) is 3.58. The zero-order valence-electron chi connectivity index (χ0n) is 12.8. The minimum atomic E-state index is 0.545. The number of quaternary nitrogens is 1. The van der Waals surface area contributed by atoms with Gasteiger partial charge in [0.1, 0.15) is 17.3 Å². The molecule has 0 radical (unpaired) electrons. The van der Waals surface area contributed by atoms with Crippen LogP contribution < -0.4 is 0 Å². The maximum atomic E-state index is 4.60. The molecule has 0 aromatic heterocycles. The minimum Gasteiger partial charge on any atom is -0.274 e. The number of hydrogen-bond donors (Lipinski definition) is 0. The van der Waals surface area contributed by atoms with Gasteiger partial charge in [-0.3, -0.25) is 4.48 Å². The van der Waals surface area contributed by atoms with Crippen LogP contribution in [0.3, 0.4) is 0 Å². The summed E-state index contributed by atoms with van der Waals surface area (Å²) in [6, 6.07) is 1.97. The molecule has 3 aliphatic carbocycles. The van der Waals surface area contributed by atoms with Gasteiger partial charge in [-0.05, 0) is 30.8 Å². The average Bonchev–Trinajstić information content (AvgIpc) is 2.82. The maximum Gasteiger partial charge on any atom is 0.151 e. The number of nitrogens with zero attached hydrogens (tertiary/aromatic N) is 1.